The van der Waals surface area contributed by atoms with E-state index in [4.69, 9.17) is 14.7 Å². The van der Waals surface area contributed by atoms with E-state index < -0.39 is 5.60 Å². The van der Waals surface area contributed by atoms with Gasteiger partial charge in [0.1, 0.15) is 22.8 Å². The van der Waals surface area contributed by atoms with Gasteiger partial charge in [-0.15, -0.1) is 0 Å². The fourth-order valence-corrected chi connectivity index (χ4v) is 6.94. The average molecular weight is 636 g/mol. The molecule has 1 aliphatic heterocycles. The van der Waals surface area contributed by atoms with E-state index in [0.717, 1.165) is 72.5 Å². The molecule has 1 saturated carbocycles. The minimum atomic E-state index is -0.569. The van der Waals surface area contributed by atoms with E-state index in [1.807, 2.05) is 62.1 Å². The summed E-state index contributed by atoms with van der Waals surface area (Å²) in [4.78, 5) is 40.7. The Kier molecular flexibility index (Phi) is 9.95. The maximum absolute atomic E-state index is 13.7. The number of esters is 1. The normalized spacial score (nSPS) is 16.2. The van der Waals surface area contributed by atoms with Gasteiger partial charge in [-0.3, -0.25) is 4.90 Å². The van der Waals surface area contributed by atoms with Crippen LogP contribution in [0.15, 0.2) is 60.7 Å². The molecule has 47 heavy (non-hydrogen) atoms. The lowest BCUT2D eigenvalue weighted by atomic mass is 9.89. The fourth-order valence-electron chi connectivity index (χ4n) is 6.94. The number of anilines is 1. The van der Waals surface area contributed by atoms with Crippen LogP contribution in [0.2, 0.25) is 0 Å². The van der Waals surface area contributed by atoms with E-state index in [0.29, 0.717) is 30.4 Å². The summed E-state index contributed by atoms with van der Waals surface area (Å²) < 4.78 is 7.90. The van der Waals surface area contributed by atoms with E-state index in [1.165, 1.54) is 32.1 Å². The smallest absolute Gasteiger partial charge is 0.339 e. The number of benzene rings is 2. The zero-order valence-corrected chi connectivity index (χ0v) is 28.5. The number of carbonyl (C=O) groups is 2. The van der Waals surface area contributed by atoms with Crippen molar-refractivity contribution in [3.05, 3.63) is 77.6 Å². The van der Waals surface area contributed by atoms with Crippen molar-refractivity contribution in [2.45, 2.75) is 97.6 Å². The van der Waals surface area contributed by atoms with Crippen LogP contribution in [0.5, 0.6) is 0 Å². The van der Waals surface area contributed by atoms with E-state index in [2.05, 4.69) is 40.7 Å². The van der Waals surface area contributed by atoms with Crippen molar-refractivity contribution in [2.24, 2.45) is 5.92 Å². The SMILES string of the molecule is CCCCc1nc2ccc(N3CCCN(CC4CCCCC4)C3=O)nc2n1Cc1ccc(-c2ccccc2C(=O)OC(C)(C)C)cc1. The Hall–Kier alpha value is -4.20. The number of pyridine rings is 1. The lowest BCUT2D eigenvalue weighted by Gasteiger charge is -2.37. The number of carbonyl (C=O) groups excluding carboxylic acids is 2. The third-order valence-electron chi connectivity index (χ3n) is 9.35. The Balaban J connectivity index is 1.26. The van der Waals surface area contributed by atoms with Crippen LogP contribution in [0.1, 0.15) is 101 Å². The molecule has 3 heterocycles. The number of unbranched alkanes of at least 4 members (excludes halogenated alkanes) is 1. The minimum Gasteiger partial charge on any atom is -0.456 e. The third kappa shape index (κ3) is 7.69. The molecule has 0 unspecified atom stereocenters. The third-order valence-corrected chi connectivity index (χ3v) is 9.35. The molecule has 8 heteroatoms. The van der Waals surface area contributed by atoms with E-state index in [9.17, 15) is 9.59 Å². The maximum atomic E-state index is 13.7. The Morgan fingerprint density at radius 3 is 2.43 bits per heavy atom. The number of amides is 2. The van der Waals surface area contributed by atoms with E-state index in [-0.39, 0.29) is 12.0 Å². The molecular formula is C39H49N5O3. The largest absolute Gasteiger partial charge is 0.456 e. The van der Waals surface area contributed by atoms with Crippen LogP contribution in [0.3, 0.4) is 0 Å². The van der Waals surface area contributed by atoms with Crippen molar-refractivity contribution in [3.63, 3.8) is 0 Å². The van der Waals surface area contributed by atoms with Crippen molar-refractivity contribution in [3.8, 4) is 11.1 Å². The lowest BCUT2D eigenvalue weighted by Crippen LogP contribution is -2.51. The first-order valence-corrected chi connectivity index (χ1v) is 17.5. The van der Waals surface area contributed by atoms with Gasteiger partial charge in [-0.05, 0) is 87.3 Å². The molecule has 2 aromatic carbocycles. The van der Waals surface area contributed by atoms with Gasteiger partial charge in [-0.25, -0.2) is 19.6 Å². The number of fused-ring (bicyclic) bond motifs is 1. The number of aromatic nitrogens is 3. The first-order valence-electron chi connectivity index (χ1n) is 17.5. The van der Waals surface area contributed by atoms with Crippen LogP contribution in [-0.2, 0) is 17.7 Å². The standard InChI is InChI=1S/C39H49N5O3/c1-5-6-17-34-40-33-22-23-35(43-25-12-24-42(38(43)46)26-28-13-8-7-9-14-28)41-36(33)44(34)27-29-18-20-30(21-19-29)31-15-10-11-16-32(31)37(45)47-39(2,3)4/h10-11,15-16,18-23,28H,5-9,12-14,17,24-27H2,1-4H3. The topological polar surface area (TPSA) is 80.6 Å². The van der Waals surface area contributed by atoms with Gasteiger partial charge < -0.3 is 14.2 Å². The van der Waals surface area contributed by atoms with Crippen molar-refractivity contribution in [1.29, 1.82) is 0 Å². The number of rotatable bonds is 10. The number of imidazole rings is 1. The predicted molar refractivity (Wildman–Crippen MR) is 188 cm³/mol. The Bertz CT molecular complexity index is 1700. The highest BCUT2D eigenvalue weighted by Crippen LogP contribution is 2.29. The first kappa shape index (κ1) is 32.7. The van der Waals surface area contributed by atoms with E-state index >= 15 is 0 Å². The summed E-state index contributed by atoms with van der Waals surface area (Å²) in [6, 6.07) is 20.0. The fraction of sp³-hybridized carbons (Fsp3) is 0.487. The number of ether oxygens (including phenoxy) is 1. The second kappa shape index (κ2) is 14.3. The van der Waals surface area contributed by atoms with Crippen LogP contribution < -0.4 is 4.90 Å². The zero-order chi connectivity index (χ0) is 33.0. The van der Waals surface area contributed by atoms with Crippen molar-refractivity contribution in [2.75, 3.05) is 24.5 Å². The number of aryl methyl sites for hydroxylation is 1. The molecule has 0 radical (unpaired) electrons. The molecule has 2 aliphatic rings. The van der Waals surface area contributed by atoms with Gasteiger partial charge in [0.15, 0.2) is 5.65 Å². The average Bonchev–Trinajstić information content (AvgIpc) is 3.41. The van der Waals surface area contributed by atoms with Crippen LogP contribution in [0.4, 0.5) is 10.6 Å². The van der Waals surface area contributed by atoms with Gasteiger partial charge in [0.25, 0.3) is 0 Å². The highest BCUT2D eigenvalue weighted by atomic mass is 16.6. The van der Waals surface area contributed by atoms with Crippen LogP contribution in [-0.4, -0.2) is 56.7 Å². The summed E-state index contributed by atoms with van der Waals surface area (Å²) in [5, 5.41) is 0. The van der Waals surface area contributed by atoms with Crippen molar-refractivity contribution >= 4 is 29.0 Å². The summed E-state index contributed by atoms with van der Waals surface area (Å²) in [5.41, 5.74) is 4.57. The summed E-state index contributed by atoms with van der Waals surface area (Å²) in [7, 11) is 0. The molecule has 4 aromatic rings. The predicted octanol–water partition coefficient (Wildman–Crippen LogP) is 8.66. The molecule has 2 fully saturated rings. The Morgan fingerprint density at radius 2 is 1.68 bits per heavy atom. The summed E-state index contributed by atoms with van der Waals surface area (Å²) in [5.74, 6) is 2.00. The van der Waals surface area contributed by atoms with E-state index in [1.54, 1.807) is 0 Å². The molecule has 0 bridgehead atoms. The van der Waals surface area contributed by atoms with Gasteiger partial charge in [-0.2, -0.15) is 0 Å². The molecule has 2 aromatic heterocycles. The number of hydrogen-bond donors (Lipinski definition) is 0. The van der Waals surface area contributed by atoms with Gasteiger partial charge in [-0.1, -0.05) is 75.1 Å². The molecule has 2 amide bonds. The van der Waals surface area contributed by atoms with Crippen molar-refractivity contribution in [1.82, 2.24) is 19.4 Å². The monoisotopic (exact) mass is 635 g/mol. The number of nitrogens with zero attached hydrogens (tertiary/aromatic N) is 5. The molecule has 8 nitrogen and oxygen atoms in total. The molecule has 6 rings (SSSR count). The van der Waals surface area contributed by atoms with Gasteiger partial charge in [0.2, 0.25) is 0 Å². The van der Waals surface area contributed by atoms with Crippen LogP contribution in [0.25, 0.3) is 22.3 Å². The molecule has 1 saturated heterocycles. The molecule has 1 aliphatic carbocycles. The molecule has 248 valence electrons. The first-order chi connectivity index (χ1) is 22.7. The lowest BCUT2D eigenvalue weighted by molar-refractivity contribution is 0.00704. The zero-order valence-electron chi connectivity index (χ0n) is 28.5. The van der Waals surface area contributed by atoms with Gasteiger partial charge >= 0.3 is 12.0 Å². The summed E-state index contributed by atoms with van der Waals surface area (Å²) in [6.07, 6.45) is 10.3. The maximum Gasteiger partial charge on any atom is 0.339 e. The summed E-state index contributed by atoms with van der Waals surface area (Å²) in [6.45, 7) is 10.8. The number of hydrogen-bond acceptors (Lipinski definition) is 5. The Morgan fingerprint density at radius 1 is 0.915 bits per heavy atom. The number of urea groups is 1. The molecule has 0 spiro atoms. The van der Waals surface area contributed by atoms with Gasteiger partial charge in [0.05, 0.1) is 12.1 Å². The molecule has 0 N–H and O–H groups in total. The second-order valence-electron chi connectivity index (χ2n) is 14.2. The quantitative estimate of drug-likeness (QED) is 0.163. The summed E-state index contributed by atoms with van der Waals surface area (Å²) >= 11 is 0. The highest BCUT2D eigenvalue weighted by molar-refractivity contribution is 5.97. The van der Waals surface area contributed by atoms with Gasteiger partial charge in [0, 0.05) is 26.1 Å². The second-order valence-corrected chi connectivity index (χ2v) is 14.2. The van der Waals surface area contributed by atoms with Crippen LogP contribution in [0, 0.1) is 5.92 Å². The van der Waals surface area contributed by atoms with Crippen molar-refractivity contribution < 1.29 is 14.3 Å². The van der Waals surface area contributed by atoms with Crippen LogP contribution >= 0.6 is 0 Å². The minimum absolute atomic E-state index is 0.0770. The molecule has 0 atom stereocenters. The highest BCUT2D eigenvalue weighted by Gasteiger charge is 2.30. The molecular weight excluding hydrogens is 586 g/mol. The Labute approximate surface area is 279 Å².